The summed E-state index contributed by atoms with van der Waals surface area (Å²) in [6.45, 7) is 9.22. The van der Waals surface area contributed by atoms with Crippen LogP contribution in [0.1, 0.15) is 86.0 Å². The highest BCUT2D eigenvalue weighted by atomic mass is 16.4. The maximum atomic E-state index is 14.0. The highest BCUT2D eigenvalue weighted by molar-refractivity contribution is 6.00. The summed E-state index contributed by atoms with van der Waals surface area (Å²) < 4.78 is 0. The van der Waals surface area contributed by atoms with Crippen LogP contribution in [0.15, 0.2) is 11.6 Å². The standard InChI is InChI=1S/C29H43NO7/c1-16(9-19(32)15-30)8-18(31)6-7-28(4)24(35)13-27(3)21-10-17(2)11-22(33)20(21)12-23(34)26(27)29(28,5)14-25(36)37/h11,16,19-21,26,32H,6-10,12-15,30H2,1-5H3,(H,36,37)/t16-,19-,20+,21-,26+,27+,28-,29+/m1/s1. The summed E-state index contributed by atoms with van der Waals surface area (Å²) in [7, 11) is 0. The highest BCUT2D eigenvalue weighted by Crippen LogP contribution is 2.67. The van der Waals surface area contributed by atoms with Crippen LogP contribution in [0.2, 0.25) is 0 Å². The SMILES string of the molecule is CC1=CC(=O)[C@H]2CC(=O)[C@H]3[C@@](C)(CC(=O)[C@@](C)(CCC(=O)C[C@@H](C)C[C@@H](O)CN)[C@@]3(C)CC(=O)O)[C@@H]2C1. The maximum absolute atomic E-state index is 14.0. The third-order valence-corrected chi connectivity index (χ3v) is 10.0. The Hall–Kier alpha value is -2.19. The van der Waals surface area contributed by atoms with Crippen LogP contribution in [-0.2, 0) is 24.0 Å². The predicted molar refractivity (Wildman–Crippen MR) is 137 cm³/mol. The number of rotatable bonds is 10. The zero-order valence-electron chi connectivity index (χ0n) is 22.8. The third-order valence-electron chi connectivity index (χ3n) is 10.0. The monoisotopic (exact) mass is 517 g/mol. The lowest BCUT2D eigenvalue weighted by molar-refractivity contribution is -0.190. The zero-order valence-corrected chi connectivity index (χ0v) is 22.8. The molecule has 4 N–H and O–H groups in total. The molecule has 3 aliphatic carbocycles. The van der Waals surface area contributed by atoms with E-state index in [0.717, 1.165) is 5.57 Å². The smallest absolute Gasteiger partial charge is 0.303 e. The Kier molecular flexibility index (Phi) is 8.35. The summed E-state index contributed by atoms with van der Waals surface area (Å²) in [6.07, 6.45) is 2.19. The summed E-state index contributed by atoms with van der Waals surface area (Å²) >= 11 is 0. The van der Waals surface area contributed by atoms with Crippen molar-refractivity contribution in [3.05, 3.63) is 11.6 Å². The fourth-order valence-electron chi connectivity index (χ4n) is 8.00. The molecule has 206 valence electrons. The van der Waals surface area contributed by atoms with Crippen molar-refractivity contribution in [3.63, 3.8) is 0 Å². The lowest BCUT2D eigenvalue weighted by Crippen LogP contribution is -2.66. The molecule has 0 heterocycles. The minimum atomic E-state index is -1.20. The van der Waals surface area contributed by atoms with Crippen LogP contribution >= 0.6 is 0 Å². The molecule has 0 aromatic heterocycles. The second-order valence-corrected chi connectivity index (χ2v) is 12.8. The number of allylic oxidation sites excluding steroid dienone is 2. The van der Waals surface area contributed by atoms with Crippen LogP contribution in [-0.4, -0.2) is 52.0 Å². The Morgan fingerprint density at radius 2 is 1.81 bits per heavy atom. The van der Waals surface area contributed by atoms with Gasteiger partial charge in [-0.3, -0.25) is 24.0 Å². The van der Waals surface area contributed by atoms with Gasteiger partial charge >= 0.3 is 5.97 Å². The van der Waals surface area contributed by atoms with E-state index in [9.17, 15) is 34.2 Å². The summed E-state index contributed by atoms with van der Waals surface area (Å²) in [4.78, 5) is 65.6. The molecule has 8 heteroatoms. The van der Waals surface area contributed by atoms with Gasteiger partial charge < -0.3 is 15.9 Å². The van der Waals surface area contributed by atoms with E-state index in [2.05, 4.69) is 0 Å². The van der Waals surface area contributed by atoms with E-state index in [1.165, 1.54) is 0 Å². The van der Waals surface area contributed by atoms with Crippen molar-refractivity contribution in [1.82, 2.24) is 0 Å². The Morgan fingerprint density at radius 3 is 2.41 bits per heavy atom. The molecule has 2 fully saturated rings. The summed E-state index contributed by atoms with van der Waals surface area (Å²) in [6, 6.07) is 0. The van der Waals surface area contributed by atoms with Crippen LogP contribution in [0.3, 0.4) is 0 Å². The molecule has 0 aromatic carbocycles. The van der Waals surface area contributed by atoms with Crippen molar-refractivity contribution in [2.45, 2.75) is 92.1 Å². The van der Waals surface area contributed by atoms with Crippen LogP contribution in [0.25, 0.3) is 0 Å². The van der Waals surface area contributed by atoms with E-state index in [1.54, 1.807) is 19.9 Å². The molecule has 0 unspecified atom stereocenters. The van der Waals surface area contributed by atoms with Crippen molar-refractivity contribution in [2.75, 3.05) is 6.54 Å². The van der Waals surface area contributed by atoms with E-state index in [0.29, 0.717) is 12.8 Å². The molecule has 0 aliphatic heterocycles. The number of aliphatic carboxylic acids is 1. The molecule has 2 saturated carbocycles. The molecule has 0 saturated heterocycles. The molecule has 0 radical (unpaired) electrons. The first kappa shape index (κ1) is 29.4. The van der Waals surface area contributed by atoms with Gasteiger partial charge in [-0.2, -0.15) is 0 Å². The van der Waals surface area contributed by atoms with Gasteiger partial charge in [0, 0.05) is 54.9 Å². The van der Waals surface area contributed by atoms with E-state index < -0.39 is 40.2 Å². The minimum Gasteiger partial charge on any atom is -0.481 e. The molecule has 0 aromatic rings. The van der Waals surface area contributed by atoms with E-state index in [-0.39, 0.29) is 80.0 Å². The first-order chi connectivity index (χ1) is 17.1. The fourth-order valence-corrected chi connectivity index (χ4v) is 8.00. The molecule has 8 nitrogen and oxygen atoms in total. The molecule has 37 heavy (non-hydrogen) atoms. The van der Waals surface area contributed by atoms with Gasteiger partial charge in [-0.15, -0.1) is 0 Å². The number of aliphatic hydroxyl groups is 1. The average molecular weight is 518 g/mol. The number of ketones is 4. The molecular weight excluding hydrogens is 474 g/mol. The largest absolute Gasteiger partial charge is 0.481 e. The molecule has 0 bridgehead atoms. The second-order valence-electron chi connectivity index (χ2n) is 12.8. The number of fused-ring (bicyclic) bond motifs is 3. The number of carboxylic acid groups (broad SMARTS) is 1. The normalized spacial score (nSPS) is 37.3. The number of carbonyl (C=O) groups excluding carboxylic acids is 4. The number of hydrogen-bond donors (Lipinski definition) is 3. The summed E-state index contributed by atoms with van der Waals surface area (Å²) in [5, 5.41) is 19.7. The first-order valence-corrected chi connectivity index (χ1v) is 13.5. The topological polar surface area (TPSA) is 152 Å². The Balaban J connectivity index is 1.94. The molecule has 3 aliphatic rings. The van der Waals surface area contributed by atoms with Gasteiger partial charge in [0.25, 0.3) is 0 Å². The first-order valence-electron chi connectivity index (χ1n) is 13.5. The minimum absolute atomic E-state index is 0.0624. The van der Waals surface area contributed by atoms with Gasteiger partial charge in [0.1, 0.15) is 17.3 Å². The molecule has 8 atom stereocenters. The van der Waals surface area contributed by atoms with Gasteiger partial charge in [-0.25, -0.2) is 0 Å². The summed E-state index contributed by atoms with van der Waals surface area (Å²) in [5.41, 5.74) is 3.17. The number of carbonyl (C=O) groups is 5. The highest BCUT2D eigenvalue weighted by Gasteiger charge is 2.69. The van der Waals surface area contributed by atoms with Crippen molar-refractivity contribution >= 4 is 29.1 Å². The zero-order chi connectivity index (χ0) is 27.9. The lowest BCUT2D eigenvalue weighted by atomic mass is 9.37. The van der Waals surface area contributed by atoms with Crippen LogP contribution < -0.4 is 5.73 Å². The Morgan fingerprint density at radius 1 is 1.16 bits per heavy atom. The fraction of sp³-hybridized carbons (Fsp3) is 0.759. The van der Waals surface area contributed by atoms with Crippen molar-refractivity contribution in [3.8, 4) is 0 Å². The van der Waals surface area contributed by atoms with Crippen molar-refractivity contribution in [2.24, 2.45) is 45.7 Å². The van der Waals surface area contributed by atoms with Gasteiger partial charge in [-0.1, -0.05) is 33.3 Å². The molecular formula is C29H43NO7. The van der Waals surface area contributed by atoms with Gasteiger partial charge in [-0.05, 0) is 49.5 Å². The van der Waals surface area contributed by atoms with Crippen LogP contribution in [0.5, 0.6) is 0 Å². The second kappa shape index (κ2) is 10.5. The number of nitrogens with two attached hydrogens (primary N) is 1. The van der Waals surface area contributed by atoms with Crippen molar-refractivity contribution in [1.29, 1.82) is 0 Å². The van der Waals surface area contributed by atoms with Crippen LogP contribution in [0.4, 0.5) is 0 Å². The molecule has 3 rings (SSSR count). The number of hydrogen-bond acceptors (Lipinski definition) is 7. The Bertz CT molecular complexity index is 1020. The molecule has 0 spiro atoms. The maximum Gasteiger partial charge on any atom is 0.303 e. The molecule has 0 amide bonds. The number of aliphatic hydroxyl groups excluding tert-OH is 1. The quantitative estimate of drug-likeness (QED) is 0.399. The van der Waals surface area contributed by atoms with E-state index in [1.807, 2.05) is 20.8 Å². The summed E-state index contributed by atoms with van der Waals surface area (Å²) in [5.74, 6) is -2.98. The van der Waals surface area contributed by atoms with E-state index in [4.69, 9.17) is 5.73 Å². The van der Waals surface area contributed by atoms with Gasteiger partial charge in [0.05, 0.1) is 12.5 Å². The van der Waals surface area contributed by atoms with Crippen LogP contribution in [0, 0.1) is 39.9 Å². The average Bonchev–Trinajstić information content (AvgIpc) is 2.76. The Labute approximate surface area is 219 Å². The third kappa shape index (κ3) is 5.24. The van der Waals surface area contributed by atoms with Gasteiger partial charge in [0.15, 0.2) is 5.78 Å². The van der Waals surface area contributed by atoms with Gasteiger partial charge in [0.2, 0.25) is 0 Å². The van der Waals surface area contributed by atoms with E-state index >= 15 is 0 Å². The number of Topliss-reactive ketones (excluding diaryl/α,β-unsaturated/α-hetero) is 3. The van der Waals surface area contributed by atoms with Crippen molar-refractivity contribution < 1.29 is 34.2 Å². The predicted octanol–water partition coefficient (Wildman–Crippen LogP) is 3.28. The number of carboxylic acids is 1. The lowest BCUT2D eigenvalue weighted by Gasteiger charge is -2.64.